The van der Waals surface area contributed by atoms with Gasteiger partial charge in [0.15, 0.2) is 17.5 Å². The number of rotatable bonds is 1. The highest BCUT2D eigenvalue weighted by atomic mass is 32.1. The summed E-state index contributed by atoms with van der Waals surface area (Å²) in [6.07, 6.45) is 0. The first kappa shape index (κ1) is 10.8. The van der Waals surface area contributed by atoms with Gasteiger partial charge in [-0.2, -0.15) is 5.10 Å². The maximum Gasteiger partial charge on any atom is 0.194 e. The third-order valence-electron chi connectivity index (χ3n) is 1.96. The molecule has 0 aliphatic carbocycles. The maximum atomic E-state index is 12.9. The summed E-state index contributed by atoms with van der Waals surface area (Å²) in [6.45, 7) is 0. The molecule has 0 unspecified atom stereocenters. The fourth-order valence-corrected chi connectivity index (χ4v) is 1.32. The molecule has 0 saturated carbocycles. The predicted molar refractivity (Wildman–Crippen MR) is 54.7 cm³/mol. The van der Waals surface area contributed by atoms with E-state index in [9.17, 15) is 13.2 Å². The average molecular weight is 242 g/mol. The van der Waals surface area contributed by atoms with E-state index in [1.165, 1.54) is 12.1 Å². The second-order valence-electron chi connectivity index (χ2n) is 3.06. The fourth-order valence-electron chi connectivity index (χ4n) is 1.21. The summed E-state index contributed by atoms with van der Waals surface area (Å²) in [7, 11) is 0. The van der Waals surface area contributed by atoms with Crippen LogP contribution in [0.5, 0.6) is 0 Å². The van der Waals surface area contributed by atoms with Crippen molar-refractivity contribution >= 4 is 12.2 Å². The first-order chi connectivity index (χ1) is 7.58. The van der Waals surface area contributed by atoms with E-state index >= 15 is 0 Å². The van der Waals surface area contributed by atoms with Crippen LogP contribution in [-0.4, -0.2) is 10.2 Å². The van der Waals surface area contributed by atoms with Gasteiger partial charge in [-0.1, -0.05) is 12.2 Å². The van der Waals surface area contributed by atoms with Crippen molar-refractivity contribution in [2.45, 2.75) is 0 Å². The van der Waals surface area contributed by atoms with E-state index in [1.54, 1.807) is 0 Å². The summed E-state index contributed by atoms with van der Waals surface area (Å²) in [4.78, 5) is 0. The van der Waals surface area contributed by atoms with Crippen molar-refractivity contribution in [3.05, 3.63) is 46.4 Å². The number of aromatic nitrogens is 2. The number of nitrogens with zero attached hydrogens (tertiary/aromatic N) is 1. The normalized spacial score (nSPS) is 10.4. The van der Waals surface area contributed by atoms with Gasteiger partial charge in [-0.3, -0.25) is 5.10 Å². The van der Waals surface area contributed by atoms with E-state index in [1.807, 2.05) is 0 Å². The van der Waals surface area contributed by atoms with E-state index in [4.69, 9.17) is 12.2 Å². The van der Waals surface area contributed by atoms with Crippen LogP contribution < -0.4 is 0 Å². The lowest BCUT2D eigenvalue weighted by molar-refractivity contribution is 0.447. The zero-order valence-corrected chi connectivity index (χ0v) is 8.62. The van der Waals surface area contributed by atoms with Gasteiger partial charge in [-0.25, -0.2) is 13.2 Å². The van der Waals surface area contributed by atoms with E-state index in [0.29, 0.717) is 4.64 Å². The Bertz CT molecular complexity index is 551. The number of benzene rings is 1. The molecule has 0 saturated heterocycles. The lowest BCUT2D eigenvalue weighted by atomic mass is 10.1. The maximum absolute atomic E-state index is 12.9. The van der Waals surface area contributed by atoms with Gasteiger partial charge in [-0.15, -0.1) is 0 Å². The van der Waals surface area contributed by atoms with Gasteiger partial charge in [0.2, 0.25) is 0 Å². The number of H-pyrrole nitrogens is 1. The minimum absolute atomic E-state index is 0.141. The van der Waals surface area contributed by atoms with E-state index < -0.39 is 17.5 Å². The van der Waals surface area contributed by atoms with Crippen molar-refractivity contribution in [3.8, 4) is 11.3 Å². The molecule has 2 aromatic rings. The zero-order chi connectivity index (χ0) is 11.7. The van der Waals surface area contributed by atoms with Gasteiger partial charge in [-0.05, 0) is 24.3 Å². The van der Waals surface area contributed by atoms with E-state index in [-0.39, 0.29) is 11.3 Å². The Morgan fingerprint density at radius 2 is 1.69 bits per heavy atom. The number of halogens is 3. The molecule has 0 amide bonds. The second kappa shape index (κ2) is 4.05. The number of hydrogen-bond donors (Lipinski definition) is 1. The highest BCUT2D eigenvalue weighted by Gasteiger charge is 2.11. The molecular formula is C10H5F3N2S. The van der Waals surface area contributed by atoms with Crippen LogP contribution in [0.1, 0.15) is 0 Å². The monoisotopic (exact) mass is 242 g/mol. The van der Waals surface area contributed by atoms with Crippen LogP contribution in [0.2, 0.25) is 0 Å². The van der Waals surface area contributed by atoms with Gasteiger partial charge < -0.3 is 0 Å². The predicted octanol–water partition coefficient (Wildman–Crippen LogP) is 3.22. The molecule has 0 bridgehead atoms. The largest absolute Gasteiger partial charge is 0.267 e. The lowest BCUT2D eigenvalue weighted by Crippen LogP contribution is -1.94. The highest BCUT2D eigenvalue weighted by molar-refractivity contribution is 7.71. The van der Waals surface area contributed by atoms with Gasteiger partial charge >= 0.3 is 0 Å². The number of hydrogen-bond acceptors (Lipinski definition) is 2. The fraction of sp³-hybridized carbons (Fsp3) is 0. The number of aromatic amines is 1. The molecule has 1 aromatic heterocycles. The van der Waals surface area contributed by atoms with Crippen LogP contribution in [0.15, 0.2) is 24.3 Å². The molecule has 82 valence electrons. The third-order valence-corrected chi connectivity index (χ3v) is 2.19. The van der Waals surface area contributed by atoms with Crippen molar-refractivity contribution in [1.82, 2.24) is 10.2 Å². The van der Waals surface area contributed by atoms with Crippen LogP contribution >= 0.6 is 12.2 Å². The molecule has 16 heavy (non-hydrogen) atoms. The number of nitrogens with one attached hydrogen (secondary N) is 1. The summed E-state index contributed by atoms with van der Waals surface area (Å²) in [5, 5.41) is 6.25. The van der Waals surface area contributed by atoms with Gasteiger partial charge in [0.05, 0.1) is 5.69 Å². The van der Waals surface area contributed by atoms with Crippen LogP contribution in [-0.2, 0) is 0 Å². The van der Waals surface area contributed by atoms with E-state index in [2.05, 4.69) is 10.2 Å². The molecular weight excluding hydrogens is 237 g/mol. The van der Waals surface area contributed by atoms with Gasteiger partial charge in [0.25, 0.3) is 0 Å². The Balaban J connectivity index is 2.56. The Morgan fingerprint density at radius 3 is 2.19 bits per heavy atom. The van der Waals surface area contributed by atoms with Crippen LogP contribution in [0.4, 0.5) is 13.2 Å². The van der Waals surface area contributed by atoms with Crippen LogP contribution in [0, 0.1) is 22.1 Å². The Morgan fingerprint density at radius 1 is 1.06 bits per heavy atom. The summed E-state index contributed by atoms with van der Waals surface area (Å²) < 4.78 is 39.0. The third kappa shape index (κ3) is 1.96. The second-order valence-corrected chi connectivity index (χ2v) is 3.50. The summed E-state index contributed by atoms with van der Waals surface area (Å²) >= 11 is 4.77. The van der Waals surface area contributed by atoms with Crippen molar-refractivity contribution in [2.24, 2.45) is 0 Å². The summed E-state index contributed by atoms with van der Waals surface area (Å²) in [5.41, 5.74) is 0.425. The highest BCUT2D eigenvalue weighted by Crippen LogP contribution is 2.21. The van der Waals surface area contributed by atoms with Gasteiger partial charge in [0.1, 0.15) is 4.64 Å². The smallest absolute Gasteiger partial charge is 0.194 e. The Hall–Kier alpha value is -1.69. The topological polar surface area (TPSA) is 28.7 Å². The standard InChI is InChI=1S/C10H5F3N2S/c11-6-3-5(4-7(12)10(6)13)8-1-2-9(16)15-14-8/h1-4H,(H,15,16). The molecule has 0 aliphatic rings. The van der Waals surface area contributed by atoms with Crippen molar-refractivity contribution in [1.29, 1.82) is 0 Å². The van der Waals surface area contributed by atoms with E-state index in [0.717, 1.165) is 12.1 Å². The minimum Gasteiger partial charge on any atom is -0.267 e. The SMILES string of the molecule is Fc1cc(-c2ccc(=S)[nH]n2)cc(F)c1F. The van der Waals surface area contributed by atoms with Crippen LogP contribution in [0.3, 0.4) is 0 Å². The molecule has 1 heterocycles. The van der Waals surface area contributed by atoms with Crippen molar-refractivity contribution in [3.63, 3.8) is 0 Å². The molecule has 0 spiro atoms. The first-order valence-corrected chi connectivity index (χ1v) is 4.69. The molecule has 0 atom stereocenters. The quantitative estimate of drug-likeness (QED) is 0.614. The summed E-state index contributed by atoms with van der Waals surface area (Å²) in [6, 6.07) is 4.76. The molecule has 0 fully saturated rings. The minimum atomic E-state index is -1.49. The van der Waals surface area contributed by atoms with Crippen molar-refractivity contribution in [2.75, 3.05) is 0 Å². The molecule has 1 N–H and O–H groups in total. The lowest BCUT2D eigenvalue weighted by Gasteiger charge is -2.01. The molecule has 2 nitrogen and oxygen atoms in total. The Kier molecular flexibility index (Phi) is 2.74. The average Bonchev–Trinajstić information content (AvgIpc) is 2.26. The molecule has 0 radical (unpaired) electrons. The van der Waals surface area contributed by atoms with Gasteiger partial charge in [0, 0.05) is 5.56 Å². The Labute approximate surface area is 93.8 Å². The molecule has 6 heteroatoms. The summed E-state index contributed by atoms with van der Waals surface area (Å²) in [5.74, 6) is -3.99. The van der Waals surface area contributed by atoms with Crippen LogP contribution in [0.25, 0.3) is 11.3 Å². The zero-order valence-electron chi connectivity index (χ0n) is 7.80. The molecule has 2 rings (SSSR count). The first-order valence-electron chi connectivity index (χ1n) is 4.28. The van der Waals surface area contributed by atoms with Crippen molar-refractivity contribution < 1.29 is 13.2 Å². The molecule has 0 aliphatic heterocycles. The molecule has 1 aromatic carbocycles.